The van der Waals surface area contributed by atoms with Gasteiger partial charge in [0.25, 0.3) is 0 Å². The van der Waals surface area contributed by atoms with Crippen molar-refractivity contribution in [2.24, 2.45) is 0 Å². The monoisotopic (exact) mass is 752 g/mol. The van der Waals surface area contributed by atoms with E-state index in [9.17, 15) is 44.6 Å². The fourth-order valence-corrected chi connectivity index (χ4v) is 6.84. The summed E-state index contributed by atoms with van der Waals surface area (Å²) in [5.41, 5.74) is 0. The number of phosphoric acid groups is 1. The highest BCUT2D eigenvalue weighted by atomic mass is 31.2. The van der Waals surface area contributed by atoms with E-state index in [0.29, 0.717) is 12.8 Å². The lowest BCUT2D eigenvalue weighted by Gasteiger charge is -2.41. The molecule has 6 unspecified atom stereocenters. The summed E-state index contributed by atoms with van der Waals surface area (Å²) in [6, 6.07) is 0. The Balaban J connectivity index is 2.50. The fourth-order valence-electron chi connectivity index (χ4n) is 5.87. The lowest BCUT2D eigenvalue weighted by atomic mass is 9.85. The van der Waals surface area contributed by atoms with E-state index in [1.54, 1.807) is 0 Å². The number of ether oxygens (including phenoxy) is 2. The van der Waals surface area contributed by atoms with Gasteiger partial charge in [0.05, 0.1) is 6.61 Å². The van der Waals surface area contributed by atoms with Gasteiger partial charge in [-0.25, -0.2) is 4.57 Å². The fraction of sp³-hybridized carbons (Fsp3) is 0.892. The Kier molecular flexibility index (Phi) is 27.1. The van der Waals surface area contributed by atoms with Crippen LogP contribution in [-0.4, -0.2) is 98.3 Å². The third-order valence-corrected chi connectivity index (χ3v) is 10.1. The minimum absolute atomic E-state index is 0.0940. The average Bonchev–Trinajstić information content (AvgIpc) is 3.10. The molecule has 0 radical (unpaired) electrons. The minimum Gasteiger partial charge on any atom is -0.462 e. The number of rotatable bonds is 31. The first kappa shape index (κ1) is 47.6. The van der Waals surface area contributed by atoms with Crippen molar-refractivity contribution in [3.05, 3.63) is 12.2 Å². The van der Waals surface area contributed by atoms with Crippen LogP contribution in [0.5, 0.6) is 0 Å². The number of unbranched alkanes of at least 4 members (excludes halogenated alkanes) is 17. The largest absolute Gasteiger partial charge is 0.472 e. The smallest absolute Gasteiger partial charge is 0.462 e. The van der Waals surface area contributed by atoms with Gasteiger partial charge in [0.2, 0.25) is 0 Å². The molecule has 0 aliphatic heterocycles. The molecule has 1 aliphatic rings. The van der Waals surface area contributed by atoms with E-state index in [1.807, 2.05) is 0 Å². The second-order valence-electron chi connectivity index (χ2n) is 13.8. The van der Waals surface area contributed by atoms with Gasteiger partial charge >= 0.3 is 19.8 Å². The molecular weight excluding hydrogens is 683 g/mol. The van der Waals surface area contributed by atoms with E-state index in [4.69, 9.17) is 18.5 Å². The maximum Gasteiger partial charge on any atom is 0.472 e. The van der Waals surface area contributed by atoms with Crippen molar-refractivity contribution in [3.63, 3.8) is 0 Å². The first-order chi connectivity index (χ1) is 24.4. The Morgan fingerprint density at radius 3 is 1.53 bits per heavy atom. The molecule has 0 bridgehead atoms. The van der Waals surface area contributed by atoms with Crippen molar-refractivity contribution in [2.45, 2.75) is 198 Å². The molecular formula is C37H69O13P. The molecule has 0 aromatic heterocycles. The summed E-state index contributed by atoms with van der Waals surface area (Å²) < 4.78 is 33.2. The highest BCUT2D eigenvalue weighted by molar-refractivity contribution is 7.47. The van der Waals surface area contributed by atoms with Gasteiger partial charge in [-0.05, 0) is 38.5 Å². The molecule has 0 saturated heterocycles. The quantitative estimate of drug-likeness (QED) is 0.0210. The molecule has 1 saturated carbocycles. The van der Waals surface area contributed by atoms with Crippen LogP contribution in [0.4, 0.5) is 0 Å². The number of hydrogen-bond donors (Lipinski definition) is 6. The van der Waals surface area contributed by atoms with Crippen LogP contribution in [-0.2, 0) is 32.7 Å². The molecule has 0 heterocycles. The number of carbonyl (C=O) groups excluding carboxylic acids is 2. The first-order valence-corrected chi connectivity index (χ1v) is 21.0. The van der Waals surface area contributed by atoms with Crippen LogP contribution in [0.25, 0.3) is 0 Å². The normalized spacial score (nSPS) is 24.0. The van der Waals surface area contributed by atoms with E-state index in [2.05, 4.69) is 26.0 Å². The Bertz CT molecular complexity index is 964. The van der Waals surface area contributed by atoms with Gasteiger partial charge in [0.15, 0.2) is 6.10 Å². The maximum absolute atomic E-state index is 12.7. The van der Waals surface area contributed by atoms with Crippen LogP contribution in [0.15, 0.2) is 12.2 Å². The molecule has 1 rings (SSSR count). The number of aliphatic hydroxyl groups excluding tert-OH is 5. The first-order valence-electron chi connectivity index (χ1n) is 19.5. The van der Waals surface area contributed by atoms with Crippen molar-refractivity contribution >= 4 is 19.8 Å². The Morgan fingerprint density at radius 2 is 1.00 bits per heavy atom. The Hall–Kier alpha value is -1.41. The van der Waals surface area contributed by atoms with Crippen molar-refractivity contribution < 1.29 is 63.1 Å². The summed E-state index contributed by atoms with van der Waals surface area (Å²) in [5.74, 6) is -1.13. The molecule has 0 spiro atoms. The number of carbonyl (C=O) groups is 2. The Labute approximate surface area is 305 Å². The van der Waals surface area contributed by atoms with Crippen LogP contribution >= 0.6 is 7.82 Å². The molecule has 300 valence electrons. The highest BCUT2D eigenvalue weighted by Gasteiger charge is 2.51. The maximum atomic E-state index is 12.7. The van der Waals surface area contributed by atoms with Crippen molar-refractivity contribution in [3.8, 4) is 0 Å². The minimum atomic E-state index is -5.10. The van der Waals surface area contributed by atoms with Gasteiger partial charge in [-0.2, -0.15) is 0 Å². The van der Waals surface area contributed by atoms with E-state index < -0.39 is 75.7 Å². The molecule has 13 nitrogen and oxygen atoms in total. The predicted molar refractivity (Wildman–Crippen MR) is 194 cm³/mol. The van der Waals surface area contributed by atoms with Crippen LogP contribution in [0.3, 0.4) is 0 Å². The topological polar surface area (TPSA) is 210 Å². The highest BCUT2D eigenvalue weighted by Crippen LogP contribution is 2.47. The van der Waals surface area contributed by atoms with Gasteiger partial charge in [0.1, 0.15) is 43.2 Å². The second kappa shape index (κ2) is 29.0. The average molecular weight is 753 g/mol. The second-order valence-corrected chi connectivity index (χ2v) is 15.2. The number of aliphatic hydroxyl groups is 5. The van der Waals surface area contributed by atoms with E-state index in [1.165, 1.54) is 64.2 Å². The van der Waals surface area contributed by atoms with Crippen molar-refractivity contribution in [1.82, 2.24) is 0 Å². The van der Waals surface area contributed by atoms with Gasteiger partial charge in [-0.3, -0.25) is 18.6 Å². The number of esters is 2. The van der Waals surface area contributed by atoms with E-state index in [0.717, 1.165) is 51.4 Å². The van der Waals surface area contributed by atoms with Crippen LogP contribution in [0.2, 0.25) is 0 Å². The third-order valence-electron chi connectivity index (χ3n) is 9.11. The zero-order valence-corrected chi connectivity index (χ0v) is 32.0. The molecule has 1 fully saturated rings. The van der Waals surface area contributed by atoms with Crippen molar-refractivity contribution in [2.75, 3.05) is 13.2 Å². The molecule has 0 aromatic carbocycles. The standard InChI is InChI=1S/C37H69O13P/c1-3-5-7-9-11-12-13-14-15-16-17-18-20-21-23-25-30(38)47-27-29(49-31(39)26-24-22-19-10-8-6-4-2)28-48-51(45,46)50-37-35(43)33(41)32(40)34(42)36(37)44/h17-18,29,32-37,40-44H,3-16,19-28H2,1-2H3,(H,45,46)/b18-17+/t29-,32?,33-,34?,35?,36?,37?/m0/s1. The molecule has 14 heteroatoms. The summed E-state index contributed by atoms with van der Waals surface area (Å²) in [6.07, 6.45) is 13.3. The summed E-state index contributed by atoms with van der Waals surface area (Å²) >= 11 is 0. The third kappa shape index (κ3) is 22.4. The molecule has 0 aromatic rings. The van der Waals surface area contributed by atoms with Crippen LogP contribution in [0.1, 0.15) is 155 Å². The predicted octanol–water partition coefficient (Wildman–Crippen LogP) is 5.94. The summed E-state index contributed by atoms with van der Waals surface area (Å²) in [5, 5.41) is 49.8. The van der Waals surface area contributed by atoms with Gasteiger partial charge in [-0.15, -0.1) is 0 Å². The van der Waals surface area contributed by atoms with E-state index >= 15 is 0 Å². The number of hydrogen-bond acceptors (Lipinski definition) is 12. The molecule has 6 N–H and O–H groups in total. The van der Waals surface area contributed by atoms with Gasteiger partial charge in [0, 0.05) is 12.8 Å². The molecule has 0 amide bonds. The number of allylic oxidation sites excluding steroid dienone is 2. The van der Waals surface area contributed by atoms with Crippen LogP contribution < -0.4 is 0 Å². The van der Waals surface area contributed by atoms with Gasteiger partial charge in [-0.1, -0.05) is 116 Å². The zero-order valence-electron chi connectivity index (χ0n) is 31.2. The van der Waals surface area contributed by atoms with Gasteiger partial charge < -0.3 is 39.9 Å². The lowest BCUT2D eigenvalue weighted by Crippen LogP contribution is -2.64. The van der Waals surface area contributed by atoms with Crippen molar-refractivity contribution in [1.29, 1.82) is 0 Å². The molecule has 51 heavy (non-hydrogen) atoms. The summed E-state index contributed by atoms with van der Waals surface area (Å²) in [7, 11) is -5.10. The Morgan fingerprint density at radius 1 is 0.588 bits per heavy atom. The molecule has 1 aliphatic carbocycles. The van der Waals surface area contributed by atoms with E-state index in [-0.39, 0.29) is 12.8 Å². The molecule has 8 atom stereocenters. The number of phosphoric ester groups is 1. The SMILES string of the molecule is CCCCCCCCCCC/C=C/CCCCC(=O)OC[C@@H](COP(=O)(O)OC1C(O)C(O)C(O)[C@H](O)C1O)OC(=O)CCCCCCCCC. The summed E-state index contributed by atoms with van der Waals surface area (Å²) in [6.45, 7) is 3.19. The summed E-state index contributed by atoms with van der Waals surface area (Å²) in [4.78, 5) is 35.3. The zero-order chi connectivity index (χ0) is 37.9. The lowest BCUT2D eigenvalue weighted by molar-refractivity contribution is -0.220. The van der Waals surface area contributed by atoms with Crippen LogP contribution in [0, 0.1) is 0 Å².